The zero-order valence-electron chi connectivity index (χ0n) is 15.3. The van der Waals surface area contributed by atoms with E-state index in [1.165, 1.54) is 0 Å². The number of nitrogens with zero attached hydrogens (tertiary/aromatic N) is 3. The first kappa shape index (κ1) is 17.8. The summed E-state index contributed by atoms with van der Waals surface area (Å²) in [7, 11) is 3.40. The highest BCUT2D eigenvalue weighted by molar-refractivity contribution is 5.76. The topological polar surface area (TPSA) is 56.6 Å². The minimum Gasteiger partial charge on any atom is -0.493 e. The quantitative estimate of drug-likeness (QED) is 0.655. The van der Waals surface area contributed by atoms with Crippen LogP contribution in [0.3, 0.4) is 0 Å². The SMILES string of the molecule is COc1ccccc1OCCn1c(CN(C)C(C)=O)nc2ccccc21. The van der Waals surface area contributed by atoms with Gasteiger partial charge in [0.1, 0.15) is 12.4 Å². The number of carbonyl (C=O) groups is 1. The third-order valence-corrected chi connectivity index (χ3v) is 4.29. The van der Waals surface area contributed by atoms with Crippen LogP contribution in [0.5, 0.6) is 11.5 Å². The number of imidazole rings is 1. The molecular weight excluding hydrogens is 330 g/mol. The number of para-hydroxylation sites is 4. The summed E-state index contributed by atoms with van der Waals surface area (Å²) < 4.78 is 13.3. The summed E-state index contributed by atoms with van der Waals surface area (Å²) in [6.07, 6.45) is 0. The van der Waals surface area contributed by atoms with Gasteiger partial charge in [0.15, 0.2) is 11.5 Å². The molecule has 0 atom stereocenters. The molecule has 0 aliphatic heterocycles. The molecule has 0 fully saturated rings. The number of rotatable bonds is 7. The van der Waals surface area contributed by atoms with Crippen LogP contribution in [-0.2, 0) is 17.9 Å². The number of amides is 1. The molecule has 6 heteroatoms. The van der Waals surface area contributed by atoms with Crippen LogP contribution >= 0.6 is 0 Å². The summed E-state index contributed by atoms with van der Waals surface area (Å²) in [5.74, 6) is 2.27. The maximum atomic E-state index is 11.6. The second kappa shape index (κ2) is 7.91. The first-order chi connectivity index (χ1) is 12.6. The van der Waals surface area contributed by atoms with Gasteiger partial charge in [0, 0.05) is 14.0 Å². The van der Waals surface area contributed by atoms with Crippen molar-refractivity contribution in [1.29, 1.82) is 0 Å². The second-order valence-corrected chi connectivity index (χ2v) is 6.04. The zero-order valence-corrected chi connectivity index (χ0v) is 15.3. The van der Waals surface area contributed by atoms with E-state index in [2.05, 4.69) is 9.55 Å². The number of hydrogen-bond acceptors (Lipinski definition) is 4. The van der Waals surface area contributed by atoms with Gasteiger partial charge in [-0.15, -0.1) is 0 Å². The Bertz CT molecular complexity index is 904. The Balaban J connectivity index is 1.80. The molecule has 0 aliphatic carbocycles. The lowest BCUT2D eigenvalue weighted by atomic mass is 10.3. The molecule has 0 aliphatic rings. The third kappa shape index (κ3) is 3.79. The summed E-state index contributed by atoms with van der Waals surface area (Å²) >= 11 is 0. The average molecular weight is 353 g/mol. The minimum atomic E-state index is 0.00822. The highest BCUT2D eigenvalue weighted by atomic mass is 16.5. The first-order valence-electron chi connectivity index (χ1n) is 8.52. The molecule has 136 valence electrons. The van der Waals surface area contributed by atoms with Crippen LogP contribution in [0.25, 0.3) is 11.0 Å². The number of fused-ring (bicyclic) bond motifs is 1. The molecule has 1 heterocycles. The van der Waals surface area contributed by atoms with Crippen molar-refractivity contribution in [3.05, 3.63) is 54.4 Å². The van der Waals surface area contributed by atoms with Gasteiger partial charge in [-0.25, -0.2) is 4.98 Å². The average Bonchev–Trinajstić information content (AvgIpc) is 2.99. The van der Waals surface area contributed by atoms with Crippen molar-refractivity contribution >= 4 is 16.9 Å². The molecule has 3 aromatic rings. The summed E-state index contributed by atoms with van der Waals surface area (Å²) in [5.41, 5.74) is 1.94. The van der Waals surface area contributed by atoms with Gasteiger partial charge >= 0.3 is 0 Å². The van der Waals surface area contributed by atoms with Crippen molar-refractivity contribution in [1.82, 2.24) is 14.5 Å². The van der Waals surface area contributed by atoms with Gasteiger partial charge in [-0.1, -0.05) is 24.3 Å². The van der Waals surface area contributed by atoms with Gasteiger partial charge in [-0.2, -0.15) is 0 Å². The fourth-order valence-electron chi connectivity index (χ4n) is 2.80. The lowest BCUT2D eigenvalue weighted by Gasteiger charge is -2.16. The van der Waals surface area contributed by atoms with Crippen LogP contribution < -0.4 is 9.47 Å². The van der Waals surface area contributed by atoms with Crippen LogP contribution in [0.1, 0.15) is 12.7 Å². The van der Waals surface area contributed by atoms with Crippen molar-refractivity contribution in [3.63, 3.8) is 0 Å². The lowest BCUT2D eigenvalue weighted by molar-refractivity contribution is -0.128. The highest BCUT2D eigenvalue weighted by Gasteiger charge is 2.14. The van der Waals surface area contributed by atoms with E-state index in [4.69, 9.17) is 9.47 Å². The van der Waals surface area contributed by atoms with E-state index in [0.29, 0.717) is 31.2 Å². The molecule has 1 aromatic heterocycles. The lowest BCUT2D eigenvalue weighted by Crippen LogP contribution is -2.25. The number of ether oxygens (including phenoxy) is 2. The fourth-order valence-corrected chi connectivity index (χ4v) is 2.80. The van der Waals surface area contributed by atoms with Gasteiger partial charge < -0.3 is 18.9 Å². The smallest absolute Gasteiger partial charge is 0.219 e. The van der Waals surface area contributed by atoms with Gasteiger partial charge in [-0.05, 0) is 24.3 Å². The minimum absolute atomic E-state index is 0.00822. The van der Waals surface area contributed by atoms with Crippen LogP contribution in [0, 0.1) is 0 Å². The van der Waals surface area contributed by atoms with E-state index in [-0.39, 0.29) is 5.91 Å². The number of methoxy groups -OCH3 is 1. The van der Waals surface area contributed by atoms with Gasteiger partial charge in [0.25, 0.3) is 0 Å². The highest BCUT2D eigenvalue weighted by Crippen LogP contribution is 2.26. The van der Waals surface area contributed by atoms with E-state index >= 15 is 0 Å². The molecule has 0 N–H and O–H groups in total. The van der Waals surface area contributed by atoms with Crippen LogP contribution in [-0.4, -0.2) is 41.1 Å². The molecule has 26 heavy (non-hydrogen) atoms. The molecular formula is C20H23N3O3. The molecule has 2 aromatic carbocycles. The number of carbonyl (C=O) groups excluding carboxylic acids is 1. The van der Waals surface area contributed by atoms with Crippen LogP contribution in [0.15, 0.2) is 48.5 Å². The van der Waals surface area contributed by atoms with Crippen molar-refractivity contribution < 1.29 is 14.3 Å². The van der Waals surface area contributed by atoms with E-state index in [1.54, 1.807) is 26.0 Å². The molecule has 0 saturated carbocycles. The molecule has 0 radical (unpaired) electrons. The van der Waals surface area contributed by atoms with E-state index in [0.717, 1.165) is 16.9 Å². The summed E-state index contributed by atoms with van der Waals surface area (Å²) in [6, 6.07) is 15.5. The Hall–Kier alpha value is -3.02. The normalized spacial score (nSPS) is 10.7. The van der Waals surface area contributed by atoms with Crippen molar-refractivity contribution in [2.45, 2.75) is 20.0 Å². The van der Waals surface area contributed by atoms with Gasteiger partial charge in [0.2, 0.25) is 5.91 Å². The molecule has 0 spiro atoms. The van der Waals surface area contributed by atoms with Crippen molar-refractivity contribution in [2.24, 2.45) is 0 Å². The number of aromatic nitrogens is 2. The Morgan fingerprint density at radius 2 is 1.81 bits per heavy atom. The Morgan fingerprint density at radius 3 is 2.54 bits per heavy atom. The molecule has 1 amide bonds. The van der Waals surface area contributed by atoms with Crippen molar-refractivity contribution in [2.75, 3.05) is 20.8 Å². The summed E-state index contributed by atoms with van der Waals surface area (Å²) in [5, 5.41) is 0. The number of hydrogen-bond donors (Lipinski definition) is 0. The van der Waals surface area contributed by atoms with Gasteiger partial charge in [-0.3, -0.25) is 4.79 Å². The Kier molecular flexibility index (Phi) is 5.41. The standard InChI is InChI=1S/C20H23N3O3/c1-15(24)22(2)14-20-21-16-8-4-5-9-17(16)23(20)12-13-26-19-11-7-6-10-18(19)25-3/h4-11H,12-14H2,1-3H3. The van der Waals surface area contributed by atoms with E-state index in [1.807, 2.05) is 48.5 Å². The molecule has 6 nitrogen and oxygen atoms in total. The Labute approximate surface area is 153 Å². The predicted octanol–water partition coefficient (Wildman–Crippen LogP) is 3.10. The van der Waals surface area contributed by atoms with E-state index in [9.17, 15) is 4.79 Å². The largest absolute Gasteiger partial charge is 0.493 e. The van der Waals surface area contributed by atoms with Crippen LogP contribution in [0.2, 0.25) is 0 Å². The van der Waals surface area contributed by atoms with Crippen LogP contribution in [0.4, 0.5) is 0 Å². The van der Waals surface area contributed by atoms with Gasteiger partial charge in [0.05, 0.1) is 31.2 Å². The fraction of sp³-hybridized carbons (Fsp3) is 0.300. The third-order valence-electron chi connectivity index (χ3n) is 4.29. The maximum Gasteiger partial charge on any atom is 0.219 e. The number of benzene rings is 2. The predicted molar refractivity (Wildman–Crippen MR) is 100 cm³/mol. The molecule has 0 saturated heterocycles. The summed E-state index contributed by atoms with van der Waals surface area (Å²) in [4.78, 5) is 17.9. The Morgan fingerprint density at radius 1 is 1.12 bits per heavy atom. The molecule has 0 bridgehead atoms. The van der Waals surface area contributed by atoms with Crippen molar-refractivity contribution in [3.8, 4) is 11.5 Å². The molecule has 0 unspecified atom stereocenters. The monoisotopic (exact) mass is 353 g/mol. The van der Waals surface area contributed by atoms with E-state index < -0.39 is 0 Å². The first-order valence-corrected chi connectivity index (χ1v) is 8.52. The zero-order chi connectivity index (χ0) is 18.5. The maximum absolute atomic E-state index is 11.6. The second-order valence-electron chi connectivity index (χ2n) is 6.04. The molecule has 3 rings (SSSR count). The summed E-state index contributed by atoms with van der Waals surface area (Å²) in [6.45, 7) is 3.10.